The van der Waals surface area contributed by atoms with Gasteiger partial charge in [0.15, 0.2) is 17.5 Å². The van der Waals surface area contributed by atoms with Gasteiger partial charge in [-0.25, -0.2) is 15.0 Å². The summed E-state index contributed by atoms with van der Waals surface area (Å²) < 4.78 is 0. The summed E-state index contributed by atoms with van der Waals surface area (Å²) in [6.07, 6.45) is 1.80. The molecule has 6 rings (SSSR count). The van der Waals surface area contributed by atoms with Crippen molar-refractivity contribution in [3.63, 3.8) is 0 Å². The molecule has 6 aromatic rings. The minimum atomic E-state index is 0.621. The monoisotopic (exact) mass is 496 g/mol. The van der Waals surface area contributed by atoms with Crippen LogP contribution in [-0.2, 0) is 0 Å². The zero-order valence-electron chi connectivity index (χ0n) is 19.8. The van der Waals surface area contributed by atoms with Crippen LogP contribution >= 0.6 is 11.6 Å². The Morgan fingerprint density at radius 2 is 0.946 bits per heavy atom. The zero-order chi connectivity index (χ0) is 25.0. The van der Waals surface area contributed by atoms with Crippen molar-refractivity contribution in [3.05, 3.63) is 133 Å². The topological polar surface area (TPSA) is 51.6 Å². The van der Waals surface area contributed by atoms with Crippen LogP contribution in [0.15, 0.2) is 128 Å². The lowest BCUT2D eigenvalue weighted by molar-refractivity contribution is 1.07. The Bertz CT molecular complexity index is 1600. The third-order valence-electron chi connectivity index (χ3n) is 6.08. The van der Waals surface area contributed by atoms with Crippen molar-refractivity contribution in [2.45, 2.75) is 0 Å². The summed E-state index contributed by atoms with van der Waals surface area (Å²) in [7, 11) is 0. The predicted molar refractivity (Wildman–Crippen MR) is 150 cm³/mol. The van der Waals surface area contributed by atoms with Crippen LogP contribution in [0.4, 0.5) is 0 Å². The van der Waals surface area contributed by atoms with E-state index >= 15 is 0 Å². The van der Waals surface area contributed by atoms with E-state index in [4.69, 9.17) is 26.6 Å². The van der Waals surface area contributed by atoms with Crippen LogP contribution in [-0.4, -0.2) is 19.9 Å². The van der Waals surface area contributed by atoms with Gasteiger partial charge in [-0.2, -0.15) is 0 Å². The maximum atomic E-state index is 6.39. The molecule has 0 spiro atoms. The van der Waals surface area contributed by atoms with E-state index in [9.17, 15) is 0 Å². The lowest BCUT2D eigenvalue weighted by atomic mass is 9.96. The molecular formula is C32H21ClN4. The third kappa shape index (κ3) is 4.88. The highest BCUT2D eigenvalue weighted by atomic mass is 35.5. The van der Waals surface area contributed by atoms with E-state index in [0.717, 1.165) is 39.1 Å². The number of hydrogen-bond acceptors (Lipinski definition) is 4. The molecule has 5 heteroatoms. The van der Waals surface area contributed by atoms with E-state index in [0.29, 0.717) is 22.5 Å². The van der Waals surface area contributed by atoms with Gasteiger partial charge in [-0.1, -0.05) is 109 Å². The van der Waals surface area contributed by atoms with E-state index in [-0.39, 0.29) is 0 Å². The van der Waals surface area contributed by atoms with Crippen LogP contribution in [0.5, 0.6) is 0 Å². The quantitative estimate of drug-likeness (QED) is 0.241. The molecule has 0 radical (unpaired) electrons. The summed E-state index contributed by atoms with van der Waals surface area (Å²) in [5.74, 6) is 1.90. The van der Waals surface area contributed by atoms with Crippen LogP contribution in [0.2, 0.25) is 5.02 Å². The molecule has 0 aliphatic heterocycles. The summed E-state index contributed by atoms with van der Waals surface area (Å²) in [4.78, 5) is 19.0. The van der Waals surface area contributed by atoms with Crippen LogP contribution in [0.3, 0.4) is 0 Å². The Morgan fingerprint density at radius 1 is 0.432 bits per heavy atom. The van der Waals surface area contributed by atoms with Gasteiger partial charge in [0.1, 0.15) is 0 Å². The fourth-order valence-electron chi connectivity index (χ4n) is 4.24. The van der Waals surface area contributed by atoms with Gasteiger partial charge in [0, 0.05) is 33.5 Å². The van der Waals surface area contributed by atoms with Crippen molar-refractivity contribution in [3.8, 4) is 56.5 Å². The SMILES string of the molecule is Clc1ccc(-c2ccccn2)c(-c2ccc(-c3nc(-c4ccccc4)nc(-c4ccccc4)n3)cc2)c1. The fraction of sp³-hybridized carbons (Fsp3) is 0. The molecule has 0 saturated heterocycles. The van der Waals surface area contributed by atoms with Gasteiger partial charge in [0.25, 0.3) is 0 Å². The minimum absolute atomic E-state index is 0.621. The van der Waals surface area contributed by atoms with E-state index in [2.05, 4.69) is 17.1 Å². The Kier molecular flexibility index (Phi) is 6.24. The van der Waals surface area contributed by atoms with Crippen LogP contribution < -0.4 is 0 Å². The predicted octanol–water partition coefficient (Wildman–Crippen LogP) is 8.26. The number of halogens is 1. The summed E-state index contributed by atoms with van der Waals surface area (Å²) in [5, 5.41) is 0.677. The molecule has 37 heavy (non-hydrogen) atoms. The van der Waals surface area contributed by atoms with E-state index in [1.165, 1.54) is 0 Å². The molecule has 176 valence electrons. The standard InChI is InChI=1S/C32H21ClN4/c33-26-18-19-27(29-13-7-8-20-34-29)28(21-26)22-14-16-25(17-15-22)32-36-30(23-9-3-1-4-10-23)35-31(37-32)24-11-5-2-6-12-24/h1-21H. The molecule has 0 saturated carbocycles. The highest BCUT2D eigenvalue weighted by molar-refractivity contribution is 6.31. The number of pyridine rings is 1. The first-order valence-electron chi connectivity index (χ1n) is 11.9. The molecule has 0 N–H and O–H groups in total. The van der Waals surface area contributed by atoms with Gasteiger partial charge in [-0.15, -0.1) is 0 Å². The van der Waals surface area contributed by atoms with Crippen LogP contribution in [0, 0.1) is 0 Å². The van der Waals surface area contributed by atoms with Crippen molar-refractivity contribution >= 4 is 11.6 Å². The second-order valence-corrected chi connectivity index (χ2v) is 8.96. The molecule has 0 amide bonds. The van der Waals surface area contributed by atoms with Crippen LogP contribution in [0.25, 0.3) is 56.5 Å². The smallest absolute Gasteiger partial charge is 0.164 e. The van der Waals surface area contributed by atoms with Gasteiger partial charge in [-0.3, -0.25) is 4.98 Å². The van der Waals surface area contributed by atoms with Crippen LogP contribution in [0.1, 0.15) is 0 Å². The minimum Gasteiger partial charge on any atom is -0.256 e. The Hall–Kier alpha value is -4.67. The van der Waals surface area contributed by atoms with Gasteiger partial charge in [-0.05, 0) is 35.4 Å². The normalized spacial score (nSPS) is 10.8. The second-order valence-electron chi connectivity index (χ2n) is 8.52. The van der Waals surface area contributed by atoms with Crippen molar-refractivity contribution in [2.24, 2.45) is 0 Å². The number of hydrogen-bond donors (Lipinski definition) is 0. The highest BCUT2D eigenvalue weighted by Crippen LogP contribution is 2.34. The van der Waals surface area contributed by atoms with Gasteiger partial charge >= 0.3 is 0 Å². The molecule has 4 nitrogen and oxygen atoms in total. The van der Waals surface area contributed by atoms with E-state index < -0.39 is 0 Å². The van der Waals surface area contributed by atoms with E-state index in [1.54, 1.807) is 6.20 Å². The average Bonchev–Trinajstić information content (AvgIpc) is 2.98. The number of aromatic nitrogens is 4. The fourth-order valence-corrected chi connectivity index (χ4v) is 4.41. The Morgan fingerprint density at radius 3 is 1.49 bits per heavy atom. The molecule has 0 aliphatic rings. The zero-order valence-corrected chi connectivity index (χ0v) is 20.5. The van der Waals surface area contributed by atoms with Crippen molar-refractivity contribution in [1.29, 1.82) is 0 Å². The molecule has 0 aliphatic carbocycles. The van der Waals surface area contributed by atoms with Gasteiger partial charge in [0.2, 0.25) is 0 Å². The first-order valence-corrected chi connectivity index (χ1v) is 12.3. The summed E-state index contributed by atoms with van der Waals surface area (Å²) >= 11 is 6.39. The number of benzene rings is 4. The number of nitrogens with zero attached hydrogens (tertiary/aromatic N) is 4. The first-order chi connectivity index (χ1) is 18.2. The lowest BCUT2D eigenvalue weighted by Crippen LogP contribution is -2.00. The lowest BCUT2D eigenvalue weighted by Gasteiger charge is -2.12. The molecule has 0 bridgehead atoms. The number of rotatable bonds is 5. The molecule has 2 aromatic heterocycles. The maximum absolute atomic E-state index is 6.39. The average molecular weight is 497 g/mol. The van der Waals surface area contributed by atoms with E-state index in [1.807, 2.05) is 109 Å². The van der Waals surface area contributed by atoms with Gasteiger partial charge in [0.05, 0.1) is 5.69 Å². The van der Waals surface area contributed by atoms with Crippen molar-refractivity contribution in [1.82, 2.24) is 19.9 Å². The second kappa shape index (κ2) is 10.1. The first kappa shape index (κ1) is 22.8. The Labute approximate surface area is 220 Å². The van der Waals surface area contributed by atoms with Crippen molar-refractivity contribution < 1.29 is 0 Å². The molecule has 0 atom stereocenters. The largest absolute Gasteiger partial charge is 0.256 e. The molecule has 0 unspecified atom stereocenters. The van der Waals surface area contributed by atoms with Gasteiger partial charge < -0.3 is 0 Å². The molecule has 0 fully saturated rings. The Balaban J connectivity index is 1.44. The molecule has 4 aromatic carbocycles. The third-order valence-corrected chi connectivity index (χ3v) is 6.31. The summed E-state index contributed by atoms with van der Waals surface area (Å²) in [6.45, 7) is 0. The summed E-state index contributed by atoms with van der Waals surface area (Å²) in [5.41, 5.74) is 6.77. The molecule has 2 heterocycles. The highest BCUT2D eigenvalue weighted by Gasteiger charge is 2.14. The molecular weight excluding hydrogens is 476 g/mol. The maximum Gasteiger partial charge on any atom is 0.164 e. The van der Waals surface area contributed by atoms with Crippen molar-refractivity contribution in [2.75, 3.05) is 0 Å². The summed E-state index contributed by atoms with van der Waals surface area (Å²) in [6, 6.07) is 40.0.